The number of fused-ring (bicyclic) bond motifs is 5. The Labute approximate surface area is 161 Å². The van der Waals surface area contributed by atoms with Crippen LogP contribution in [0.4, 0.5) is 0 Å². The minimum atomic E-state index is 0.670. The van der Waals surface area contributed by atoms with Gasteiger partial charge in [0.15, 0.2) is 0 Å². The number of piperidine rings is 1. The molecule has 4 nitrogen and oxygen atoms in total. The van der Waals surface area contributed by atoms with E-state index in [2.05, 4.69) is 75.9 Å². The van der Waals surface area contributed by atoms with Gasteiger partial charge >= 0.3 is 0 Å². The van der Waals surface area contributed by atoms with E-state index in [9.17, 15) is 0 Å². The fourth-order valence-electron chi connectivity index (χ4n) is 4.98. The van der Waals surface area contributed by atoms with Crippen LogP contribution in [0, 0.1) is 12.8 Å². The van der Waals surface area contributed by atoms with E-state index in [0.29, 0.717) is 6.04 Å². The van der Waals surface area contributed by atoms with Gasteiger partial charge in [-0.05, 0) is 43.4 Å². The Morgan fingerprint density at radius 3 is 2.67 bits per heavy atom. The van der Waals surface area contributed by atoms with Crippen molar-refractivity contribution in [3.63, 3.8) is 0 Å². The molecule has 2 atom stereocenters. The monoisotopic (exact) mass is 360 g/mol. The summed E-state index contributed by atoms with van der Waals surface area (Å²) in [6.07, 6.45) is 4.86. The van der Waals surface area contributed by atoms with Crippen LogP contribution in [0.3, 0.4) is 0 Å². The Morgan fingerprint density at radius 2 is 1.78 bits per heavy atom. The van der Waals surface area contributed by atoms with Crippen LogP contribution in [-0.2, 0) is 13.1 Å². The molecule has 6 rings (SSSR count). The van der Waals surface area contributed by atoms with Gasteiger partial charge in [-0.1, -0.05) is 36.4 Å². The fourth-order valence-corrected chi connectivity index (χ4v) is 4.98. The molecule has 4 heteroatoms. The van der Waals surface area contributed by atoms with Gasteiger partial charge < -0.3 is 4.40 Å². The van der Waals surface area contributed by atoms with Crippen molar-refractivity contribution >= 4 is 5.65 Å². The predicted molar refractivity (Wildman–Crippen MR) is 109 cm³/mol. The van der Waals surface area contributed by atoms with Crippen LogP contribution in [0.1, 0.15) is 29.8 Å². The number of rotatable bonds is 4. The smallest absolute Gasteiger partial charge is 0.137 e. The van der Waals surface area contributed by atoms with E-state index in [4.69, 9.17) is 4.98 Å². The number of aryl methyl sites for hydroxylation is 1. The molecule has 2 bridgehead atoms. The van der Waals surface area contributed by atoms with E-state index in [-0.39, 0.29) is 0 Å². The van der Waals surface area contributed by atoms with Gasteiger partial charge in [0.2, 0.25) is 0 Å². The second-order valence-electron chi connectivity index (χ2n) is 8.28. The van der Waals surface area contributed by atoms with E-state index in [1.807, 2.05) is 0 Å². The van der Waals surface area contributed by atoms with Gasteiger partial charge in [-0.2, -0.15) is 0 Å². The third-order valence-electron chi connectivity index (χ3n) is 6.33. The zero-order valence-corrected chi connectivity index (χ0v) is 16.1. The fraction of sp³-hybridized carbons (Fsp3) is 0.435. The van der Waals surface area contributed by atoms with E-state index in [1.54, 1.807) is 0 Å². The van der Waals surface area contributed by atoms with Crippen molar-refractivity contribution < 1.29 is 0 Å². The minimum Gasteiger partial charge on any atom is -0.302 e. The lowest BCUT2D eigenvalue weighted by atomic mass is 9.94. The van der Waals surface area contributed by atoms with Crippen LogP contribution in [0.5, 0.6) is 0 Å². The number of aromatic nitrogens is 2. The van der Waals surface area contributed by atoms with E-state index in [1.165, 1.54) is 49.4 Å². The number of hydrogen-bond donors (Lipinski definition) is 0. The molecule has 3 fully saturated rings. The summed E-state index contributed by atoms with van der Waals surface area (Å²) in [5.41, 5.74) is 5.02. The molecule has 0 spiro atoms. The van der Waals surface area contributed by atoms with E-state index in [0.717, 1.165) is 24.7 Å². The van der Waals surface area contributed by atoms with Crippen molar-refractivity contribution in [3.05, 3.63) is 71.7 Å². The van der Waals surface area contributed by atoms with Gasteiger partial charge in [-0.25, -0.2) is 4.98 Å². The maximum absolute atomic E-state index is 4.75. The molecule has 0 amide bonds. The summed E-state index contributed by atoms with van der Waals surface area (Å²) in [4.78, 5) is 10.2. The standard InChI is InChI=1S/C23H28N4/c1-18-22(27-12-6-5-9-23(27)24-18)17-25-13-20-10-11-21(16-25)26(15-20)14-19-7-3-2-4-8-19/h2-9,12,20-21H,10-11,13-17H2,1H3/t20-,21+/m0/s1. The predicted octanol–water partition coefficient (Wildman–Crippen LogP) is 3.74. The highest BCUT2D eigenvalue weighted by molar-refractivity contribution is 5.42. The Kier molecular flexibility index (Phi) is 4.46. The molecule has 3 aromatic rings. The van der Waals surface area contributed by atoms with Gasteiger partial charge in [0.25, 0.3) is 0 Å². The number of nitrogens with zero attached hydrogens (tertiary/aromatic N) is 4. The van der Waals surface area contributed by atoms with Crippen molar-refractivity contribution in [2.24, 2.45) is 5.92 Å². The Morgan fingerprint density at radius 1 is 0.926 bits per heavy atom. The van der Waals surface area contributed by atoms with Gasteiger partial charge in [-0.3, -0.25) is 9.80 Å². The first-order valence-corrected chi connectivity index (χ1v) is 10.2. The Bertz CT molecular complexity index is 917. The maximum Gasteiger partial charge on any atom is 0.137 e. The summed E-state index contributed by atoms with van der Waals surface area (Å²) < 4.78 is 2.27. The highest BCUT2D eigenvalue weighted by atomic mass is 15.3. The molecule has 27 heavy (non-hydrogen) atoms. The first kappa shape index (κ1) is 17.0. The summed E-state index contributed by atoms with van der Waals surface area (Å²) in [6, 6.07) is 17.9. The normalized spacial score (nSPS) is 23.7. The molecule has 0 saturated carbocycles. The average molecular weight is 361 g/mol. The molecule has 0 unspecified atom stereocenters. The van der Waals surface area contributed by atoms with Gasteiger partial charge in [0.05, 0.1) is 11.4 Å². The zero-order valence-electron chi connectivity index (χ0n) is 16.1. The Balaban J connectivity index is 1.34. The van der Waals surface area contributed by atoms with Crippen LogP contribution < -0.4 is 0 Å². The molecule has 0 aliphatic carbocycles. The lowest BCUT2D eigenvalue weighted by molar-refractivity contribution is 0.123. The topological polar surface area (TPSA) is 23.8 Å². The summed E-state index contributed by atoms with van der Waals surface area (Å²) in [5.74, 6) is 0.784. The van der Waals surface area contributed by atoms with Crippen LogP contribution in [0.2, 0.25) is 0 Å². The van der Waals surface area contributed by atoms with Gasteiger partial charge in [0, 0.05) is 45.0 Å². The molecule has 1 aromatic carbocycles. The van der Waals surface area contributed by atoms with Crippen molar-refractivity contribution in [3.8, 4) is 0 Å². The second kappa shape index (κ2) is 7.10. The molecular formula is C23H28N4. The van der Waals surface area contributed by atoms with E-state index >= 15 is 0 Å². The number of hydrogen-bond acceptors (Lipinski definition) is 3. The highest BCUT2D eigenvalue weighted by Gasteiger charge is 2.35. The maximum atomic E-state index is 4.75. The molecular weight excluding hydrogens is 332 g/mol. The van der Waals surface area contributed by atoms with Crippen molar-refractivity contribution in [2.45, 2.75) is 38.9 Å². The van der Waals surface area contributed by atoms with Gasteiger partial charge in [0.1, 0.15) is 5.65 Å². The first-order valence-electron chi connectivity index (χ1n) is 10.2. The van der Waals surface area contributed by atoms with Crippen LogP contribution in [-0.4, -0.2) is 44.9 Å². The summed E-state index contributed by atoms with van der Waals surface area (Å²) in [6.45, 7) is 7.86. The summed E-state index contributed by atoms with van der Waals surface area (Å²) in [5, 5.41) is 0. The number of pyridine rings is 1. The van der Waals surface area contributed by atoms with Crippen molar-refractivity contribution in [1.29, 1.82) is 0 Å². The third-order valence-corrected chi connectivity index (χ3v) is 6.33. The second-order valence-corrected chi connectivity index (χ2v) is 8.28. The Hall–Kier alpha value is -2.17. The first-order chi connectivity index (χ1) is 13.3. The molecule has 3 aliphatic heterocycles. The highest BCUT2D eigenvalue weighted by Crippen LogP contribution is 2.30. The van der Waals surface area contributed by atoms with Crippen molar-refractivity contribution in [1.82, 2.24) is 19.2 Å². The van der Waals surface area contributed by atoms with Crippen molar-refractivity contribution in [2.75, 3.05) is 19.6 Å². The average Bonchev–Trinajstić information content (AvgIpc) is 2.82. The summed E-state index contributed by atoms with van der Waals surface area (Å²) in [7, 11) is 0. The number of benzene rings is 1. The van der Waals surface area contributed by atoms with Crippen LogP contribution in [0.25, 0.3) is 5.65 Å². The quantitative estimate of drug-likeness (QED) is 0.708. The lowest BCUT2D eigenvalue weighted by Gasteiger charge is -2.36. The molecule has 3 aliphatic rings. The minimum absolute atomic E-state index is 0.670. The molecule has 3 saturated heterocycles. The van der Waals surface area contributed by atoms with Crippen LogP contribution >= 0.6 is 0 Å². The third kappa shape index (κ3) is 3.40. The van der Waals surface area contributed by atoms with E-state index < -0.39 is 0 Å². The summed E-state index contributed by atoms with van der Waals surface area (Å²) >= 11 is 0. The lowest BCUT2D eigenvalue weighted by Crippen LogP contribution is -2.43. The van der Waals surface area contributed by atoms with Gasteiger partial charge in [-0.15, -0.1) is 0 Å². The molecule has 5 heterocycles. The molecule has 140 valence electrons. The molecule has 2 aromatic heterocycles. The number of imidazole rings is 1. The molecule has 0 radical (unpaired) electrons. The molecule has 0 N–H and O–H groups in total. The SMILES string of the molecule is Cc1nc2ccccn2c1CN1C[C@@H]2CC[C@H](C1)N(Cc1ccccc1)C2. The largest absolute Gasteiger partial charge is 0.302 e. The zero-order chi connectivity index (χ0) is 18.2. The van der Waals surface area contributed by atoms with Crippen LogP contribution in [0.15, 0.2) is 54.7 Å².